The molecule has 2 aliphatic rings. The van der Waals surface area contributed by atoms with Crippen LogP contribution in [0.1, 0.15) is 24.1 Å². The molecule has 0 spiro atoms. The van der Waals surface area contributed by atoms with E-state index < -0.39 is 10.0 Å². The van der Waals surface area contributed by atoms with Crippen molar-refractivity contribution in [3.8, 4) is 5.75 Å². The van der Waals surface area contributed by atoms with Crippen LogP contribution >= 0.6 is 0 Å². The summed E-state index contributed by atoms with van der Waals surface area (Å²) < 4.78 is 32.6. The monoisotopic (exact) mass is 437 g/mol. The van der Waals surface area contributed by atoms with Gasteiger partial charge < -0.3 is 15.0 Å². The highest BCUT2D eigenvalue weighted by molar-refractivity contribution is 7.90. The minimum Gasteiger partial charge on any atom is -0.494 e. The Labute approximate surface area is 181 Å². The third kappa shape index (κ3) is 4.86. The summed E-state index contributed by atoms with van der Waals surface area (Å²) in [6.45, 7) is 2.78. The highest BCUT2D eigenvalue weighted by atomic mass is 32.2. The SMILES string of the molecule is CCOc1ccc(C(NC(=O)C2=CN3CCS(=O)(=O)N=C3C=C2)c2ccccc2)cc1. The van der Waals surface area contributed by atoms with Crippen LogP contribution in [-0.2, 0) is 14.8 Å². The zero-order chi connectivity index (χ0) is 21.8. The van der Waals surface area contributed by atoms with Crippen LogP contribution in [0.25, 0.3) is 0 Å². The van der Waals surface area contributed by atoms with Gasteiger partial charge in [0.15, 0.2) is 0 Å². The van der Waals surface area contributed by atoms with Gasteiger partial charge in [-0.15, -0.1) is 4.40 Å². The quantitative estimate of drug-likeness (QED) is 0.751. The molecule has 0 saturated carbocycles. The lowest BCUT2D eigenvalue weighted by molar-refractivity contribution is -0.117. The van der Waals surface area contributed by atoms with E-state index in [-0.39, 0.29) is 24.2 Å². The summed E-state index contributed by atoms with van der Waals surface area (Å²) in [6, 6.07) is 17.0. The molecule has 4 rings (SSSR count). The second-order valence-electron chi connectivity index (χ2n) is 7.17. The molecule has 2 aliphatic heterocycles. The van der Waals surface area contributed by atoms with Crippen molar-refractivity contribution < 1.29 is 17.9 Å². The van der Waals surface area contributed by atoms with Gasteiger partial charge in [0.1, 0.15) is 11.6 Å². The van der Waals surface area contributed by atoms with Gasteiger partial charge >= 0.3 is 0 Å². The molecule has 1 unspecified atom stereocenters. The lowest BCUT2D eigenvalue weighted by Crippen LogP contribution is -2.38. The summed E-state index contributed by atoms with van der Waals surface area (Å²) in [7, 11) is -3.43. The van der Waals surface area contributed by atoms with Crippen molar-refractivity contribution in [2.75, 3.05) is 18.9 Å². The van der Waals surface area contributed by atoms with Gasteiger partial charge in [-0.05, 0) is 42.3 Å². The van der Waals surface area contributed by atoms with Crippen molar-refractivity contribution in [1.29, 1.82) is 0 Å². The van der Waals surface area contributed by atoms with Crippen molar-refractivity contribution in [3.05, 3.63) is 89.6 Å². The van der Waals surface area contributed by atoms with E-state index in [0.29, 0.717) is 18.0 Å². The molecule has 31 heavy (non-hydrogen) atoms. The maximum Gasteiger partial charge on any atom is 0.256 e. The largest absolute Gasteiger partial charge is 0.494 e. The summed E-state index contributed by atoms with van der Waals surface area (Å²) in [5, 5.41) is 3.10. The Morgan fingerprint density at radius 1 is 1.10 bits per heavy atom. The van der Waals surface area contributed by atoms with E-state index >= 15 is 0 Å². The minimum absolute atomic E-state index is 0.0748. The van der Waals surface area contributed by atoms with Gasteiger partial charge in [0.25, 0.3) is 15.9 Å². The molecule has 0 aliphatic carbocycles. The lowest BCUT2D eigenvalue weighted by Gasteiger charge is -2.27. The molecule has 160 valence electrons. The maximum absolute atomic E-state index is 13.1. The summed E-state index contributed by atoms with van der Waals surface area (Å²) in [6.07, 6.45) is 4.79. The maximum atomic E-state index is 13.1. The Bertz CT molecular complexity index is 1150. The molecule has 1 amide bonds. The first-order valence-corrected chi connectivity index (χ1v) is 11.6. The predicted octanol–water partition coefficient (Wildman–Crippen LogP) is 2.79. The molecular formula is C23H23N3O4S. The number of hydrogen-bond acceptors (Lipinski definition) is 5. The van der Waals surface area contributed by atoms with Gasteiger partial charge in [-0.25, -0.2) is 8.42 Å². The van der Waals surface area contributed by atoms with Crippen LogP contribution in [0.15, 0.2) is 82.9 Å². The predicted molar refractivity (Wildman–Crippen MR) is 119 cm³/mol. The number of benzene rings is 2. The molecule has 1 atom stereocenters. The highest BCUT2D eigenvalue weighted by Crippen LogP contribution is 2.25. The zero-order valence-corrected chi connectivity index (χ0v) is 17.9. The Balaban J connectivity index is 1.58. The third-order valence-electron chi connectivity index (χ3n) is 5.02. The molecule has 2 aromatic rings. The Kier molecular flexibility index (Phi) is 5.90. The number of amidine groups is 1. The number of nitrogens with one attached hydrogen (secondary N) is 1. The van der Waals surface area contributed by atoms with Gasteiger partial charge in [-0.3, -0.25) is 4.79 Å². The topological polar surface area (TPSA) is 88.1 Å². The Morgan fingerprint density at radius 3 is 2.52 bits per heavy atom. The zero-order valence-electron chi connectivity index (χ0n) is 17.1. The number of nitrogens with zero attached hydrogens (tertiary/aromatic N) is 2. The molecule has 0 saturated heterocycles. The number of sulfonamides is 1. The molecule has 2 heterocycles. The van der Waals surface area contributed by atoms with E-state index in [2.05, 4.69) is 9.71 Å². The molecule has 2 aromatic carbocycles. The lowest BCUT2D eigenvalue weighted by atomic mass is 9.98. The molecular weight excluding hydrogens is 414 g/mol. The van der Waals surface area contributed by atoms with E-state index in [1.54, 1.807) is 23.3 Å². The first kappa shape index (κ1) is 20.9. The van der Waals surface area contributed by atoms with Gasteiger partial charge in [0.05, 0.1) is 24.0 Å². The van der Waals surface area contributed by atoms with Crippen molar-refractivity contribution in [2.45, 2.75) is 13.0 Å². The first-order chi connectivity index (χ1) is 14.9. The van der Waals surface area contributed by atoms with Crippen molar-refractivity contribution in [2.24, 2.45) is 4.40 Å². The van der Waals surface area contributed by atoms with Gasteiger partial charge in [-0.1, -0.05) is 42.5 Å². The minimum atomic E-state index is -3.43. The van der Waals surface area contributed by atoms with Crippen molar-refractivity contribution in [1.82, 2.24) is 10.2 Å². The molecule has 0 bridgehead atoms. The number of ether oxygens (including phenoxy) is 1. The average Bonchev–Trinajstić information content (AvgIpc) is 2.78. The van der Waals surface area contributed by atoms with E-state index in [1.165, 1.54) is 0 Å². The second kappa shape index (κ2) is 8.77. The standard InChI is InChI=1S/C23H23N3O4S/c1-2-30-20-11-8-18(9-12-20)22(17-6-4-3-5-7-17)24-23(27)19-10-13-21-25-31(28,29)15-14-26(21)16-19/h3-13,16,22H,2,14-15H2,1H3,(H,24,27). The number of rotatable bonds is 6. The molecule has 7 nitrogen and oxygen atoms in total. The molecule has 0 fully saturated rings. The summed E-state index contributed by atoms with van der Waals surface area (Å²) >= 11 is 0. The van der Waals surface area contributed by atoms with Crippen molar-refractivity contribution >= 4 is 21.8 Å². The van der Waals surface area contributed by atoms with Crippen LogP contribution in [0, 0.1) is 0 Å². The van der Waals surface area contributed by atoms with E-state index in [4.69, 9.17) is 4.74 Å². The van der Waals surface area contributed by atoms with Crippen LogP contribution in [0.3, 0.4) is 0 Å². The smallest absolute Gasteiger partial charge is 0.256 e. The summed E-state index contributed by atoms with van der Waals surface area (Å²) in [4.78, 5) is 14.8. The number of carbonyl (C=O) groups excluding carboxylic acids is 1. The fourth-order valence-corrected chi connectivity index (χ4v) is 4.45. The highest BCUT2D eigenvalue weighted by Gasteiger charge is 2.26. The number of fused-ring (bicyclic) bond motifs is 1. The van der Waals surface area contributed by atoms with Gasteiger partial charge in [-0.2, -0.15) is 0 Å². The van der Waals surface area contributed by atoms with Gasteiger partial charge in [0.2, 0.25) is 0 Å². The molecule has 8 heteroatoms. The van der Waals surface area contributed by atoms with Gasteiger partial charge in [0, 0.05) is 12.7 Å². The second-order valence-corrected chi connectivity index (χ2v) is 8.92. The van der Waals surface area contributed by atoms with Crippen LogP contribution in [0.4, 0.5) is 0 Å². The molecule has 0 aromatic heterocycles. The summed E-state index contributed by atoms with van der Waals surface area (Å²) in [5.74, 6) is 0.767. The fourth-order valence-electron chi connectivity index (χ4n) is 3.48. The number of hydrogen-bond donors (Lipinski definition) is 1. The summed E-state index contributed by atoms with van der Waals surface area (Å²) in [5.41, 5.74) is 2.31. The third-order valence-corrected chi connectivity index (χ3v) is 6.18. The van der Waals surface area contributed by atoms with Crippen LogP contribution in [0.5, 0.6) is 5.75 Å². The number of carbonyl (C=O) groups is 1. The van der Waals surface area contributed by atoms with Crippen LogP contribution in [-0.4, -0.2) is 44.0 Å². The fraction of sp³-hybridized carbons (Fsp3) is 0.217. The van der Waals surface area contributed by atoms with Crippen LogP contribution in [0.2, 0.25) is 0 Å². The normalized spacial score (nSPS) is 17.8. The molecule has 1 N–H and O–H groups in total. The average molecular weight is 438 g/mol. The van der Waals surface area contributed by atoms with E-state index in [0.717, 1.165) is 16.9 Å². The Hall–Kier alpha value is -3.39. The number of amides is 1. The van der Waals surface area contributed by atoms with E-state index in [1.807, 2.05) is 61.5 Å². The molecule has 0 radical (unpaired) electrons. The van der Waals surface area contributed by atoms with E-state index in [9.17, 15) is 13.2 Å². The Morgan fingerprint density at radius 2 is 1.81 bits per heavy atom. The first-order valence-electron chi connectivity index (χ1n) is 10.0. The van der Waals surface area contributed by atoms with Crippen molar-refractivity contribution in [3.63, 3.8) is 0 Å². The van der Waals surface area contributed by atoms with Crippen LogP contribution < -0.4 is 10.1 Å².